The highest BCUT2D eigenvalue weighted by molar-refractivity contribution is 5.93. The standard InChI is InChI=1S/C12H10F2N2O3/c13-8-2-9(14)4-10(3-8)19-6-11-1-7(5-18-11)12(17)16-15/h1-5H,6,15H2,(H,16,17). The number of hydrazine groups is 1. The van der Waals surface area contributed by atoms with Crippen molar-refractivity contribution in [3.05, 3.63) is 53.5 Å². The zero-order valence-corrected chi connectivity index (χ0v) is 9.65. The van der Waals surface area contributed by atoms with E-state index in [1.54, 1.807) is 0 Å². The lowest BCUT2D eigenvalue weighted by molar-refractivity contribution is 0.0953. The van der Waals surface area contributed by atoms with Crippen LogP contribution in [-0.2, 0) is 6.61 Å². The van der Waals surface area contributed by atoms with Gasteiger partial charge in [-0.05, 0) is 6.07 Å². The molecule has 19 heavy (non-hydrogen) atoms. The van der Waals surface area contributed by atoms with Gasteiger partial charge in [0.05, 0.1) is 5.56 Å². The van der Waals surface area contributed by atoms with Crippen molar-refractivity contribution in [2.24, 2.45) is 5.84 Å². The zero-order chi connectivity index (χ0) is 13.8. The van der Waals surface area contributed by atoms with Crippen LogP contribution in [0.2, 0.25) is 0 Å². The van der Waals surface area contributed by atoms with Crippen molar-refractivity contribution in [2.45, 2.75) is 6.61 Å². The Hall–Kier alpha value is -2.41. The summed E-state index contributed by atoms with van der Waals surface area (Å²) in [6, 6.07) is 4.24. The van der Waals surface area contributed by atoms with Crippen molar-refractivity contribution in [3.8, 4) is 5.75 Å². The third-order valence-corrected chi connectivity index (χ3v) is 2.26. The largest absolute Gasteiger partial charge is 0.485 e. The topological polar surface area (TPSA) is 77.5 Å². The minimum atomic E-state index is -0.738. The van der Waals surface area contributed by atoms with Crippen LogP contribution >= 0.6 is 0 Å². The van der Waals surface area contributed by atoms with Crippen molar-refractivity contribution < 1.29 is 22.7 Å². The fraction of sp³-hybridized carbons (Fsp3) is 0.0833. The van der Waals surface area contributed by atoms with E-state index in [4.69, 9.17) is 15.0 Å². The molecule has 0 saturated heterocycles. The number of nitrogen functional groups attached to an aromatic ring is 1. The fourth-order valence-electron chi connectivity index (χ4n) is 1.43. The van der Waals surface area contributed by atoms with E-state index in [0.29, 0.717) is 5.76 Å². The number of carbonyl (C=O) groups excluding carboxylic acids is 1. The molecule has 2 rings (SSSR count). The van der Waals surface area contributed by atoms with Gasteiger partial charge in [-0.3, -0.25) is 10.2 Å². The van der Waals surface area contributed by atoms with Gasteiger partial charge in [0.15, 0.2) is 0 Å². The molecule has 0 saturated carbocycles. The quantitative estimate of drug-likeness (QED) is 0.503. The van der Waals surface area contributed by atoms with Crippen LogP contribution in [-0.4, -0.2) is 5.91 Å². The maximum atomic E-state index is 12.9. The summed E-state index contributed by atoms with van der Waals surface area (Å²) in [4.78, 5) is 11.2. The molecule has 0 aliphatic carbocycles. The Morgan fingerprint density at radius 3 is 2.58 bits per heavy atom. The molecule has 2 aromatic rings. The number of carbonyl (C=O) groups is 1. The summed E-state index contributed by atoms with van der Waals surface area (Å²) < 4.78 is 36.0. The summed E-state index contributed by atoms with van der Waals surface area (Å²) in [5, 5.41) is 0. The summed E-state index contributed by atoms with van der Waals surface area (Å²) in [5.74, 6) is 3.32. The summed E-state index contributed by atoms with van der Waals surface area (Å²) in [7, 11) is 0. The predicted molar refractivity (Wildman–Crippen MR) is 61.1 cm³/mol. The van der Waals surface area contributed by atoms with Crippen molar-refractivity contribution in [1.82, 2.24) is 5.43 Å². The second-order valence-corrected chi connectivity index (χ2v) is 3.67. The maximum Gasteiger partial charge on any atom is 0.268 e. The summed E-state index contributed by atoms with van der Waals surface area (Å²) in [6.45, 7) is -0.0687. The van der Waals surface area contributed by atoms with Crippen LogP contribution < -0.4 is 16.0 Å². The van der Waals surface area contributed by atoms with Crippen molar-refractivity contribution in [3.63, 3.8) is 0 Å². The number of furan rings is 1. The molecule has 0 unspecified atom stereocenters. The molecular weight excluding hydrogens is 258 g/mol. The van der Waals surface area contributed by atoms with E-state index in [9.17, 15) is 13.6 Å². The minimum absolute atomic E-state index is 0.0266. The van der Waals surface area contributed by atoms with Crippen molar-refractivity contribution in [2.75, 3.05) is 0 Å². The van der Waals surface area contributed by atoms with Gasteiger partial charge in [0.25, 0.3) is 5.91 Å². The van der Waals surface area contributed by atoms with Gasteiger partial charge in [-0.2, -0.15) is 0 Å². The lowest BCUT2D eigenvalue weighted by atomic mass is 10.3. The molecule has 0 bridgehead atoms. The van der Waals surface area contributed by atoms with Gasteiger partial charge in [0.2, 0.25) is 0 Å². The molecule has 0 spiro atoms. The van der Waals surface area contributed by atoms with Crippen LogP contribution in [0.1, 0.15) is 16.1 Å². The van der Waals surface area contributed by atoms with Gasteiger partial charge < -0.3 is 9.15 Å². The second-order valence-electron chi connectivity index (χ2n) is 3.67. The Labute approximate surface area is 106 Å². The monoisotopic (exact) mass is 268 g/mol. The van der Waals surface area contributed by atoms with E-state index in [-0.39, 0.29) is 17.9 Å². The Morgan fingerprint density at radius 2 is 1.95 bits per heavy atom. The number of nitrogens with one attached hydrogen (secondary N) is 1. The van der Waals surface area contributed by atoms with E-state index in [2.05, 4.69) is 0 Å². The van der Waals surface area contributed by atoms with E-state index in [1.807, 2.05) is 5.43 Å². The molecule has 100 valence electrons. The first-order valence-corrected chi connectivity index (χ1v) is 5.26. The highest BCUT2D eigenvalue weighted by Crippen LogP contribution is 2.17. The highest BCUT2D eigenvalue weighted by atomic mass is 19.1. The summed E-state index contributed by atoms with van der Waals surface area (Å²) >= 11 is 0. The number of hydrogen-bond acceptors (Lipinski definition) is 4. The molecule has 0 aliphatic heterocycles. The van der Waals surface area contributed by atoms with Gasteiger partial charge in [-0.15, -0.1) is 0 Å². The molecule has 5 nitrogen and oxygen atoms in total. The van der Waals surface area contributed by atoms with Crippen LogP contribution in [0.5, 0.6) is 5.75 Å². The first kappa shape index (κ1) is 13.0. The Morgan fingerprint density at radius 1 is 1.26 bits per heavy atom. The molecular formula is C12H10F2N2O3. The Bertz CT molecular complexity index is 578. The van der Waals surface area contributed by atoms with Gasteiger partial charge in [-0.25, -0.2) is 14.6 Å². The average Bonchev–Trinajstić information content (AvgIpc) is 2.83. The van der Waals surface area contributed by atoms with Crippen LogP contribution in [0.3, 0.4) is 0 Å². The molecule has 1 aromatic carbocycles. The summed E-state index contributed by atoms with van der Waals surface area (Å²) in [6.07, 6.45) is 1.20. The molecule has 0 atom stereocenters. The number of halogens is 2. The van der Waals surface area contributed by atoms with E-state index < -0.39 is 17.5 Å². The van der Waals surface area contributed by atoms with Crippen molar-refractivity contribution >= 4 is 5.91 Å². The van der Waals surface area contributed by atoms with Crippen LogP contribution in [0.4, 0.5) is 8.78 Å². The normalized spacial score (nSPS) is 10.3. The first-order valence-electron chi connectivity index (χ1n) is 5.26. The van der Waals surface area contributed by atoms with Gasteiger partial charge in [-0.1, -0.05) is 0 Å². The number of nitrogens with two attached hydrogens (primary N) is 1. The van der Waals surface area contributed by atoms with Gasteiger partial charge in [0.1, 0.15) is 36.0 Å². The zero-order valence-electron chi connectivity index (χ0n) is 9.65. The Balaban J connectivity index is 2.02. The molecule has 0 aliphatic rings. The second kappa shape index (κ2) is 5.49. The lowest BCUT2D eigenvalue weighted by Gasteiger charge is -2.04. The number of hydrogen-bond donors (Lipinski definition) is 2. The number of rotatable bonds is 4. The molecule has 3 N–H and O–H groups in total. The molecule has 0 radical (unpaired) electrons. The Kier molecular flexibility index (Phi) is 3.76. The van der Waals surface area contributed by atoms with E-state index in [1.165, 1.54) is 12.3 Å². The van der Waals surface area contributed by atoms with Gasteiger partial charge in [0, 0.05) is 18.2 Å². The fourth-order valence-corrected chi connectivity index (χ4v) is 1.43. The lowest BCUT2D eigenvalue weighted by Crippen LogP contribution is -2.29. The first-order chi connectivity index (χ1) is 9.08. The molecule has 1 aromatic heterocycles. The third-order valence-electron chi connectivity index (χ3n) is 2.26. The number of amides is 1. The van der Waals surface area contributed by atoms with Gasteiger partial charge >= 0.3 is 0 Å². The predicted octanol–water partition coefficient (Wildman–Crippen LogP) is 1.74. The maximum absolute atomic E-state index is 12.9. The van der Waals surface area contributed by atoms with Crippen molar-refractivity contribution in [1.29, 1.82) is 0 Å². The summed E-state index contributed by atoms with van der Waals surface area (Å²) in [5.41, 5.74) is 2.17. The van der Waals surface area contributed by atoms with Crippen LogP contribution in [0, 0.1) is 11.6 Å². The van der Waals surface area contributed by atoms with E-state index in [0.717, 1.165) is 18.2 Å². The van der Waals surface area contributed by atoms with Crippen LogP contribution in [0.15, 0.2) is 34.9 Å². The highest BCUT2D eigenvalue weighted by Gasteiger charge is 2.09. The molecule has 1 heterocycles. The number of benzene rings is 1. The molecule has 7 heteroatoms. The smallest absolute Gasteiger partial charge is 0.268 e. The van der Waals surface area contributed by atoms with Crippen LogP contribution in [0.25, 0.3) is 0 Å². The van der Waals surface area contributed by atoms with E-state index >= 15 is 0 Å². The molecule has 1 amide bonds. The average molecular weight is 268 g/mol. The third kappa shape index (κ3) is 3.29. The SMILES string of the molecule is NNC(=O)c1coc(COc2cc(F)cc(F)c2)c1. The molecule has 0 fully saturated rings. The minimum Gasteiger partial charge on any atom is -0.485 e. The number of ether oxygens (including phenoxy) is 1.